The van der Waals surface area contributed by atoms with E-state index in [1.165, 1.54) is 13.8 Å². The fraction of sp³-hybridized carbons (Fsp3) is 0.385. The maximum absolute atomic E-state index is 11.3. The van der Waals surface area contributed by atoms with Gasteiger partial charge in [0.15, 0.2) is 0 Å². The van der Waals surface area contributed by atoms with Gasteiger partial charge in [0.25, 0.3) is 0 Å². The predicted octanol–water partition coefficient (Wildman–Crippen LogP) is 0.956. The Hall–Kier alpha value is -2.24. The first-order valence-electron chi connectivity index (χ1n) is 5.84. The van der Waals surface area contributed by atoms with Gasteiger partial charge >= 0.3 is 23.9 Å². The molecule has 2 heterocycles. The minimum Gasteiger partial charge on any atom is -0.386 e. The summed E-state index contributed by atoms with van der Waals surface area (Å²) in [5.74, 6) is -2.49. The number of carbonyl (C=O) groups excluding carboxylic acids is 4. The van der Waals surface area contributed by atoms with Gasteiger partial charge in [0.1, 0.15) is 0 Å². The lowest BCUT2D eigenvalue weighted by Crippen LogP contribution is -2.03. The SMILES string of the molecule is CC1=C(CCCC2=C(C)C(=O)OC2=O)C(=O)OC1=O. The van der Waals surface area contributed by atoms with Crippen LogP contribution in [0.25, 0.3) is 0 Å². The van der Waals surface area contributed by atoms with Crippen LogP contribution in [0, 0.1) is 0 Å². The highest BCUT2D eigenvalue weighted by Crippen LogP contribution is 2.26. The first-order valence-corrected chi connectivity index (χ1v) is 5.84. The summed E-state index contributed by atoms with van der Waals surface area (Å²) in [6.45, 7) is 3.06. The summed E-state index contributed by atoms with van der Waals surface area (Å²) in [5, 5.41) is 0. The predicted molar refractivity (Wildman–Crippen MR) is 61.4 cm³/mol. The lowest BCUT2D eigenvalue weighted by molar-refractivity contribution is -0.152. The monoisotopic (exact) mass is 264 g/mol. The number of rotatable bonds is 4. The Morgan fingerprint density at radius 2 is 1.05 bits per heavy atom. The van der Waals surface area contributed by atoms with Gasteiger partial charge in [0.2, 0.25) is 0 Å². The molecule has 19 heavy (non-hydrogen) atoms. The van der Waals surface area contributed by atoms with Gasteiger partial charge in [0, 0.05) is 22.3 Å². The van der Waals surface area contributed by atoms with E-state index in [0.717, 1.165) is 0 Å². The highest BCUT2D eigenvalue weighted by Gasteiger charge is 2.31. The Balaban J connectivity index is 1.99. The fourth-order valence-electron chi connectivity index (χ4n) is 2.02. The summed E-state index contributed by atoms with van der Waals surface area (Å²) < 4.78 is 8.92. The van der Waals surface area contributed by atoms with E-state index in [1.807, 2.05) is 0 Å². The van der Waals surface area contributed by atoms with Gasteiger partial charge in [-0.1, -0.05) is 0 Å². The van der Waals surface area contributed by atoms with Crippen molar-refractivity contribution in [2.75, 3.05) is 0 Å². The van der Waals surface area contributed by atoms with E-state index >= 15 is 0 Å². The van der Waals surface area contributed by atoms with Crippen LogP contribution in [0.4, 0.5) is 0 Å². The highest BCUT2D eigenvalue weighted by molar-refractivity contribution is 6.12. The summed E-state index contributed by atoms with van der Waals surface area (Å²) in [7, 11) is 0. The quantitative estimate of drug-likeness (QED) is 0.555. The zero-order valence-corrected chi connectivity index (χ0v) is 10.6. The molecule has 0 radical (unpaired) electrons. The first-order chi connectivity index (χ1) is 8.91. The summed E-state index contributed by atoms with van der Waals surface area (Å²) in [5.41, 5.74) is 1.28. The summed E-state index contributed by atoms with van der Waals surface area (Å²) >= 11 is 0. The fourth-order valence-corrected chi connectivity index (χ4v) is 2.02. The van der Waals surface area contributed by atoms with Crippen molar-refractivity contribution in [3.05, 3.63) is 22.3 Å². The second kappa shape index (κ2) is 4.79. The summed E-state index contributed by atoms with van der Waals surface area (Å²) in [6, 6.07) is 0. The Labute approximate surface area is 109 Å². The van der Waals surface area contributed by atoms with E-state index in [4.69, 9.17) is 0 Å². The number of carbonyl (C=O) groups is 4. The Morgan fingerprint density at radius 1 is 0.684 bits per heavy atom. The Bertz CT molecular complexity index is 514. The van der Waals surface area contributed by atoms with Crippen LogP contribution in [-0.4, -0.2) is 23.9 Å². The maximum atomic E-state index is 11.3. The molecule has 0 saturated carbocycles. The molecule has 2 aliphatic rings. The van der Waals surface area contributed by atoms with Crippen LogP contribution in [0.2, 0.25) is 0 Å². The normalized spacial score (nSPS) is 19.5. The molecule has 0 atom stereocenters. The van der Waals surface area contributed by atoms with E-state index in [9.17, 15) is 19.2 Å². The largest absolute Gasteiger partial charge is 0.386 e. The van der Waals surface area contributed by atoms with Crippen LogP contribution in [0.5, 0.6) is 0 Å². The van der Waals surface area contributed by atoms with Crippen molar-refractivity contribution in [1.82, 2.24) is 0 Å². The van der Waals surface area contributed by atoms with E-state index in [0.29, 0.717) is 41.6 Å². The van der Waals surface area contributed by atoms with Crippen LogP contribution < -0.4 is 0 Å². The second-order valence-corrected chi connectivity index (χ2v) is 4.41. The molecule has 0 bridgehead atoms. The van der Waals surface area contributed by atoms with Gasteiger partial charge in [-0.15, -0.1) is 0 Å². The number of esters is 4. The van der Waals surface area contributed by atoms with E-state index in [2.05, 4.69) is 9.47 Å². The van der Waals surface area contributed by atoms with Crippen LogP contribution in [0.15, 0.2) is 22.3 Å². The molecular weight excluding hydrogens is 252 g/mol. The molecule has 0 unspecified atom stereocenters. The van der Waals surface area contributed by atoms with Crippen molar-refractivity contribution in [3.63, 3.8) is 0 Å². The molecule has 100 valence electrons. The number of hydrogen-bond donors (Lipinski definition) is 0. The third kappa shape index (κ3) is 2.33. The molecule has 6 nitrogen and oxygen atoms in total. The molecule has 0 aromatic carbocycles. The van der Waals surface area contributed by atoms with Crippen LogP contribution in [0.1, 0.15) is 33.1 Å². The van der Waals surface area contributed by atoms with Gasteiger partial charge < -0.3 is 9.47 Å². The Kier molecular flexibility index (Phi) is 3.33. The summed E-state index contributed by atoms with van der Waals surface area (Å²) in [4.78, 5) is 45.0. The molecule has 0 fully saturated rings. The van der Waals surface area contributed by atoms with E-state index < -0.39 is 23.9 Å². The second-order valence-electron chi connectivity index (χ2n) is 4.41. The highest BCUT2D eigenvalue weighted by atomic mass is 16.6. The average molecular weight is 264 g/mol. The topological polar surface area (TPSA) is 86.7 Å². The molecule has 0 aliphatic carbocycles. The minimum atomic E-state index is -0.627. The maximum Gasteiger partial charge on any atom is 0.342 e. The third-order valence-electron chi connectivity index (χ3n) is 3.23. The molecule has 0 amide bonds. The third-order valence-corrected chi connectivity index (χ3v) is 3.23. The van der Waals surface area contributed by atoms with Crippen molar-refractivity contribution in [3.8, 4) is 0 Å². The van der Waals surface area contributed by atoms with Gasteiger partial charge in [-0.3, -0.25) is 0 Å². The number of cyclic esters (lactones) is 4. The van der Waals surface area contributed by atoms with Crippen LogP contribution in [-0.2, 0) is 28.7 Å². The van der Waals surface area contributed by atoms with E-state index in [1.54, 1.807) is 0 Å². The lowest BCUT2D eigenvalue weighted by atomic mass is 10.0. The van der Waals surface area contributed by atoms with Gasteiger partial charge in [-0.05, 0) is 33.1 Å². The molecule has 0 spiro atoms. The molecule has 0 aromatic rings. The molecular formula is C13H12O6. The zero-order valence-electron chi connectivity index (χ0n) is 10.6. The molecule has 0 saturated heterocycles. The minimum absolute atomic E-state index is 0.306. The van der Waals surface area contributed by atoms with Gasteiger partial charge in [-0.2, -0.15) is 0 Å². The van der Waals surface area contributed by atoms with Gasteiger partial charge in [-0.25, -0.2) is 19.2 Å². The molecule has 2 rings (SSSR count). The molecule has 0 N–H and O–H groups in total. The van der Waals surface area contributed by atoms with Gasteiger partial charge in [0.05, 0.1) is 0 Å². The van der Waals surface area contributed by atoms with Crippen LogP contribution in [0.3, 0.4) is 0 Å². The number of hydrogen-bond acceptors (Lipinski definition) is 6. The average Bonchev–Trinajstić information content (AvgIpc) is 2.72. The van der Waals surface area contributed by atoms with Crippen molar-refractivity contribution in [2.24, 2.45) is 0 Å². The first kappa shape index (κ1) is 13.2. The zero-order chi connectivity index (χ0) is 14.2. The standard InChI is InChI=1S/C13H12O6/c1-6-8(12(16)18-10(6)14)4-3-5-9-7(2)11(15)19-13(9)17/h3-5H2,1-2H3. The molecule has 6 heteroatoms. The van der Waals surface area contributed by atoms with E-state index in [-0.39, 0.29) is 0 Å². The smallest absolute Gasteiger partial charge is 0.342 e. The van der Waals surface area contributed by atoms with Crippen LogP contribution >= 0.6 is 0 Å². The van der Waals surface area contributed by atoms with Crippen molar-refractivity contribution < 1.29 is 28.7 Å². The Morgan fingerprint density at radius 3 is 1.32 bits per heavy atom. The van der Waals surface area contributed by atoms with Crippen molar-refractivity contribution in [1.29, 1.82) is 0 Å². The number of ether oxygens (including phenoxy) is 2. The molecule has 2 aliphatic heterocycles. The van der Waals surface area contributed by atoms with Crippen molar-refractivity contribution >= 4 is 23.9 Å². The lowest BCUT2D eigenvalue weighted by Gasteiger charge is -2.00. The summed E-state index contributed by atoms with van der Waals surface area (Å²) in [6.07, 6.45) is 1.12. The molecule has 0 aromatic heterocycles. The van der Waals surface area contributed by atoms with Crippen molar-refractivity contribution in [2.45, 2.75) is 33.1 Å².